The van der Waals surface area contributed by atoms with E-state index in [4.69, 9.17) is 5.73 Å². The second-order valence-corrected chi connectivity index (χ2v) is 5.45. The highest BCUT2D eigenvalue weighted by Gasteiger charge is 2.27. The predicted octanol–water partition coefficient (Wildman–Crippen LogP) is 3.29. The smallest absolute Gasteiger partial charge is 0.0549 e. The number of hydrogen-bond donors (Lipinski definition) is 2. The van der Waals surface area contributed by atoms with Gasteiger partial charge in [0.25, 0.3) is 0 Å². The molecule has 2 atom stereocenters. The molecule has 1 aromatic rings. The van der Waals surface area contributed by atoms with Crippen LogP contribution in [-0.4, -0.2) is 11.0 Å². The number of hydrogen-bond acceptors (Lipinski definition) is 3. The summed E-state index contributed by atoms with van der Waals surface area (Å²) in [6.45, 7) is 4.64. The lowest BCUT2D eigenvalue weighted by Crippen LogP contribution is -2.35. The number of aromatic nitrogens is 1. The minimum Gasteiger partial charge on any atom is -0.397 e. The zero-order valence-corrected chi connectivity index (χ0v) is 10.8. The number of nitrogens with two attached hydrogens (primary N) is 1. The van der Waals surface area contributed by atoms with Crippen molar-refractivity contribution in [2.45, 2.75) is 45.6 Å². The maximum absolute atomic E-state index is 5.76. The summed E-state index contributed by atoms with van der Waals surface area (Å²) in [4.78, 5) is 4.13. The lowest BCUT2D eigenvalue weighted by Gasteiger charge is -2.35. The van der Waals surface area contributed by atoms with Gasteiger partial charge in [-0.3, -0.25) is 4.98 Å². The van der Waals surface area contributed by atoms with Crippen LogP contribution in [0.25, 0.3) is 0 Å². The third-order valence-electron chi connectivity index (χ3n) is 3.79. The Morgan fingerprint density at radius 3 is 2.76 bits per heavy atom. The van der Waals surface area contributed by atoms with Crippen molar-refractivity contribution in [3.8, 4) is 0 Å². The average molecular weight is 233 g/mol. The van der Waals surface area contributed by atoms with Crippen molar-refractivity contribution in [2.24, 2.45) is 11.8 Å². The molecule has 1 saturated carbocycles. The summed E-state index contributed by atoms with van der Waals surface area (Å²) in [5.41, 5.74) is 7.54. The van der Waals surface area contributed by atoms with Gasteiger partial charge in [-0.25, -0.2) is 0 Å². The second kappa shape index (κ2) is 5.39. The van der Waals surface area contributed by atoms with Crippen LogP contribution in [0.5, 0.6) is 0 Å². The fourth-order valence-electron chi connectivity index (χ4n) is 2.89. The van der Waals surface area contributed by atoms with Gasteiger partial charge in [-0.1, -0.05) is 26.7 Å². The summed E-state index contributed by atoms with van der Waals surface area (Å²) in [5.74, 6) is 1.51. The molecule has 2 unspecified atom stereocenters. The molecule has 3 N–H and O–H groups in total. The summed E-state index contributed by atoms with van der Waals surface area (Å²) >= 11 is 0. The molecule has 17 heavy (non-hydrogen) atoms. The Labute approximate surface area is 104 Å². The average Bonchev–Trinajstić information content (AvgIpc) is 2.29. The molecule has 3 heteroatoms. The summed E-state index contributed by atoms with van der Waals surface area (Å²) in [6, 6.07) is 2.55. The fourth-order valence-corrected chi connectivity index (χ4v) is 2.89. The molecule has 2 rings (SSSR count). The van der Waals surface area contributed by atoms with Crippen LogP contribution in [0.15, 0.2) is 18.5 Å². The molecule has 0 spiro atoms. The largest absolute Gasteiger partial charge is 0.397 e. The quantitative estimate of drug-likeness (QED) is 0.842. The van der Waals surface area contributed by atoms with Crippen molar-refractivity contribution in [3.63, 3.8) is 0 Å². The van der Waals surface area contributed by atoms with Gasteiger partial charge in [-0.15, -0.1) is 0 Å². The van der Waals surface area contributed by atoms with Gasteiger partial charge in [0.1, 0.15) is 0 Å². The zero-order valence-electron chi connectivity index (χ0n) is 10.8. The van der Waals surface area contributed by atoms with Crippen LogP contribution in [0.3, 0.4) is 0 Å². The molecule has 1 aromatic heterocycles. The van der Waals surface area contributed by atoms with Crippen molar-refractivity contribution in [1.29, 1.82) is 0 Å². The Hall–Kier alpha value is -1.25. The molecule has 0 aliphatic heterocycles. The minimum atomic E-state index is 0.576. The standard InChI is InChI=1S/C14H23N3/c1-10(2)13-5-3-4-6-14(13)17-12-7-11(15)8-16-9-12/h7-10,13-14,17H,3-6,15H2,1-2H3. The minimum absolute atomic E-state index is 0.576. The van der Waals surface area contributed by atoms with E-state index in [-0.39, 0.29) is 0 Å². The molecule has 1 aliphatic rings. The number of nitrogens with one attached hydrogen (secondary N) is 1. The first-order valence-electron chi connectivity index (χ1n) is 6.64. The van der Waals surface area contributed by atoms with Crippen molar-refractivity contribution >= 4 is 11.4 Å². The molecule has 1 heterocycles. The highest BCUT2D eigenvalue weighted by molar-refractivity contribution is 5.51. The lowest BCUT2D eigenvalue weighted by molar-refractivity contribution is 0.254. The maximum Gasteiger partial charge on any atom is 0.0549 e. The van der Waals surface area contributed by atoms with Gasteiger partial charge in [0, 0.05) is 12.2 Å². The van der Waals surface area contributed by atoms with Crippen molar-refractivity contribution in [2.75, 3.05) is 11.1 Å². The molecule has 0 saturated heterocycles. The lowest BCUT2D eigenvalue weighted by atomic mass is 9.78. The molecule has 0 radical (unpaired) electrons. The number of nitrogens with zero attached hydrogens (tertiary/aromatic N) is 1. The molecule has 0 amide bonds. The topological polar surface area (TPSA) is 50.9 Å². The van der Waals surface area contributed by atoms with Crippen molar-refractivity contribution < 1.29 is 0 Å². The van der Waals surface area contributed by atoms with Gasteiger partial charge in [-0.2, -0.15) is 0 Å². The Morgan fingerprint density at radius 2 is 2.06 bits per heavy atom. The van der Waals surface area contributed by atoms with E-state index < -0.39 is 0 Å². The van der Waals surface area contributed by atoms with Crippen molar-refractivity contribution in [1.82, 2.24) is 4.98 Å². The maximum atomic E-state index is 5.76. The van der Waals surface area contributed by atoms with Crippen molar-refractivity contribution in [3.05, 3.63) is 18.5 Å². The van der Waals surface area contributed by atoms with Crippen LogP contribution in [0, 0.1) is 11.8 Å². The monoisotopic (exact) mass is 233 g/mol. The summed E-state index contributed by atoms with van der Waals surface area (Å²) < 4.78 is 0. The number of pyridine rings is 1. The molecule has 0 bridgehead atoms. The third kappa shape index (κ3) is 3.11. The molecule has 0 aromatic carbocycles. The first kappa shape index (κ1) is 12.2. The Kier molecular flexibility index (Phi) is 3.87. The van der Waals surface area contributed by atoms with Gasteiger partial charge in [0.05, 0.1) is 17.6 Å². The van der Waals surface area contributed by atoms with Crippen LogP contribution in [0.1, 0.15) is 39.5 Å². The Morgan fingerprint density at radius 1 is 1.29 bits per heavy atom. The number of anilines is 2. The van der Waals surface area contributed by atoms with Crippen LogP contribution < -0.4 is 11.1 Å². The molecule has 1 fully saturated rings. The van der Waals surface area contributed by atoms with Crippen LogP contribution in [0.4, 0.5) is 11.4 Å². The van der Waals surface area contributed by atoms with E-state index in [0.29, 0.717) is 6.04 Å². The van der Waals surface area contributed by atoms with E-state index in [0.717, 1.165) is 23.2 Å². The highest BCUT2D eigenvalue weighted by atomic mass is 14.9. The zero-order chi connectivity index (χ0) is 12.3. The molecule has 94 valence electrons. The first-order chi connectivity index (χ1) is 8.16. The van der Waals surface area contributed by atoms with Gasteiger partial charge < -0.3 is 11.1 Å². The van der Waals surface area contributed by atoms with E-state index in [9.17, 15) is 0 Å². The highest BCUT2D eigenvalue weighted by Crippen LogP contribution is 2.32. The van der Waals surface area contributed by atoms with Gasteiger partial charge in [0.2, 0.25) is 0 Å². The Bertz CT molecular complexity index is 362. The molecular formula is C14H23N3. The van der Waals surface area contributed by atoms with Gasteiger partial charge in [-0.05, 0) is 30.7 Å². The predicted molar refractivity (Wildman–Crippen MR) is 72.9 cm³/mol. The molecular weight excluding hydrogens is 210 g/mol. The number of rotatable bonds is 3. The van der Waals surface area contributed by atoms with Crippen LogP contribution in [-0.2, 0) is 0 Å². The number of nitrogen functional groups attached to an aromatic ring is 1. The second-order valence-electron chi connectivity index (χ2n) is 5.45. The van der Waals surface area contributed by atoms with Crippen LogP contribution >= 0.6 is 0 Å². The van der Waals surface area contributed by atoms with Gasteiger partial charge in [0.15, 0.2) is 0 Å². The molecule has 1 aliphatic carbocycles. The van der Waals surface area contributed by atoms with Crippen LogP contribution in [0.2, 0.25) is 0 Å². The van der Waals surface area contributed by atoms with E-state index in [1.54, 1.807) is 6.20 Å². The summed E-state index contributed by atoms with van der Waals surface area (Å²) in [6.07, 6.45) is 8.85. The first-order valence-corrected chi connectivity index (χ1v) is 6.64. The third-order valence-corrected chi connectivity index (χ3v) is 3.79. The van der Waals surface area contributed by atoms with E-state index in [2.05, 4.69) is 24.1 Å². The SMILES string of the molecule is CC(C)C1CCCCC1Nc1cncc(N)c1. The molecule has 3 nitrogen and oxygen atoms in total. The Balaban J connectivity index is 2.05. The fraction of sp³-hybridized carbons (Fsp3) is 0.643. The summed E-state index contributed by atoms with van der Waals surface area (Å²) in [7, 11) is 0. The summed E-state index contributed by atoms with van der Waals surface area (Å²) in [5, 5.41) is 3.61. The van der Waals surface area contributed by atoms with Gasteiger partial charge >= 0.3 is 0 Å². The normalized spacial score (nSPS) is 24.9. The van der Waals surface area contributed by atoms with E-state index in [1.807, 2.05) is 12.3 Å². The van der Waals surface area contributed by atoms with E-state index in [1.165, 1.54) is 25.7 Å². The van der Waals surface area contributed by atoms with E-state index >= 15 is 0 Å².